The van der Waals surface area contributed by atoms with Crippen LogP contribution in [0.5, 0.6) is 0 Å². The first-order valence-electron chi connectivity index (χ1n) is 14.8. The minimum absolute atomic E-state index is 0. The molecule has 0 heterocycles. The summed E-state index contributed by atoms with van der Waals surface area (Å²) in [5.74, 6) is 0. The Morgan fingerprint density at radius 3 is 0.606 bits per heavy atom. The Labute approximate surface area is 234 Å². The summed E-state index contributed by atoms with van der Waals surface area (Å²) in [7, 11) is 0. The standard InChI is InChI=1S/2C12H25.2C4H9.Zr/c2*1-3-5-7-9-11-12-10-8-6-4-2;2*1-3-4-2;/h2*1,3-12H2,2H3;2*1,3-4H2,2H3;/q4*-1;+4. The first-order chi connectivity index (χ1) is 15.7. The topological polar surface area (TPSA) is 0 Å². The van der Waals surface area contributed by atoms with Crippen LogP contribution in [-0.4, -0.2) is 0 Å². The molecule has 0 nitrogen and oxygen atoms in total. The Bertz CT molecular complexity index is 179. The van der Waals surface area contributed by atoms with Gasteiger partial charge >= 0.3 is 26.2 Å². The number of hydrogen-bond acceptors (Lipinski definition) is 0. The Hall–Kier alpha value is 0.883. The van der Waals surface area contributed by atoms with Crippen molar-refractivity contribution >= 4 is 0 Å². The van der Waals surface area contributed by atoms with Crippen LogP contribution < -0.4 is 0 Å². The van der Waals surface area contributed by atoms with Crippen molar-refractivity contribution in [2.45, 2.75) is 182 Å². The third kappa shape index (κ3) is 71.9. The number of rotatable bonds is 20. The maximum absolute atomic E-state index is 3.84. The second-order valence-corrected chi connectivity index (χ2v) is 9.07. The van der Waals surface area contributed by atoms with Gasteiger partial charge in [0.15, 0.2) is 0 Å². The summed E-state index contributed by atoms with van der Waals surface area (Å²) >= 11 is 0. The molecule has 0 N–H and O–H groups in total. The van der Waals surface area contributed by atoms with Gasteiger partial charge < -0.3 is 27.7 Å². The van der Waals surface area contributed by atoms with Gasteiger partial charge in [0, 0.05) is 0 Å². The largest absolute Gasteiger partial charge is 4.00 e. The smallest absolute Gasteiger partial charge is 0.343 e. The first kappa shape index (κ1) is 43.9. The van der Waals surface area contributed by atoms with Crippen molar-refractivity contribution in [1.82, 2.24) is 0 Å². The van der Waals surface area contributed by atoms with Gasteiger partial charge in [-0.1, -0.05) is 156 Å². The summed E-state index contributed by atoms with van der Waals surface area (Å²) in [5, 5.41) is 0. The van der Waals surface area contributed by atoms with E-state index in [1.54, 1.807) is 0 Å². The molecule has 0 aliphatic carbocycles. The van der Waals surface area contributed by atoms with Gasteiger partial charge in [0.05, 0.1) is 0 Å². The molecule has 0 aromatic heterocycles. The van der Waals surface area contributed by atoms with Crippen LogP contribution in [0.1, 0.15) is 182 Å². The Kier molecular flexibility index (Phi) is 71.8. The Morgan fingerprint density at radius 1 is 0.273 bits per heavy atom. The minimum Gasteiger partial charge on any atom is -0.343 e. The van der Waals surface area contributed by atoms with Crippen LogP contribution in [0.4, 0.5) is 0 Å². The predicted octanol–water partition coefficient (Wildman–Crippen LogP) is 12.7. The summed E-state index contributed by atoms with van der Waals surface area (Å²) in [6.45, 7) is 23.7. The fraction of sp³-hybridized carbons (Fsp3) is 0.875. The van der Waals surface area contributed by atoms with Gasteiger partial charge in [0.1, 0.15) is 0 Å². The van der Waals surface area contributed by atoms with Gasteiger partial charge in [-0.25, -0.2) is 0 Å². The molecule has 0 atom stereocenters. The second kappa shape index (κ2) is 54.0. The molecule has 0 saturated heterocycles. The van der Waals surface area contributed by atoms with Crippen LogP contribution in [0, 0.1) is 27.7 Å². The molecule has 0 radical (unpaired) electrons. The summed E-state index contributed by atoms with van der Waals surface area (Å²) in [5.41, 5.74) is 0. The fourth-order valence-electron chi connectivity index (χ4n) is 2.97. The van der Waals surface area contributed by atoms with Crippen LogP contribution in [0.2, 0.25) is 0 Å². The Morgan fingerprint density at radius 2 is 0.455 bits per heavy atom. The molecule has 1 heteroatoms. The summed E-state index contributed by atoms with van der Waals surface area (Å²) < 4.78 is 0. The molecule has 0 aromatic carbocycles. The van der Waals surface area contributed by atoms with E-state index in [1.807, 2.05) is 0 Å². The van der Waals surface area contributed by atoms with Crippen molar-refractivity contribution in [2.75, 3.05) is 0 Å². The first-order valence-corrected chi connectivity index (χ1v) is 14.8. The van der Waals surface area contributed by atoms with Crippen molar-refractivity contribution in [1.29, 1.82) is 0 Å². The van der Waals surface area contributed by atoms with E-state index in [2.05, 4.69) is 55.4 Å². The Balaban J connectivity index is -0.000000117. The average Bonchev–Trinajstić information content (AvgIpc) is 2.83. The van der Waals surface area contributed by atoms with E-state index >= 15 is 0 Å². The molecular formula is C32H68Zr. The molecule has 0 unspecified atom stereocenters. The van der Waals surface area contributed by atoms with Crippen LogP contribution >= 0.6 is 0 Å². The van der Waals surface area contributed by atoms with E-state index in [9.17, 15) is 0 Å². The third-order valence-corrected chi connectivity index (χ3v) is 5.41. The number of hydrogen-bond donors (Lipinski definition) is 0. The van der Waals surface area contributed by atoms with Gasteiger partial charge in [-0.3, -0.25) is 0 Å². The molecule has 0 aliphatic heterocycles. The van der Waals surface area contributed by atoms with Crippen molar-refractivity contribution < 1.29 is 26.2 Å². The third-order valence-electron chi connectivity index (χ3n) is 5.41. The van der Waals surface area contributed by atoms with Gasteiger partial charge in [0.25, 0.3) is 0 Å². The molecule has 0 fully saturated rings. The van der Waals surface area contributed by atoms with E-state index in [0.29, 0.717) is 0 Å². The molecule has 200 valence electrons. The number of unbranched alkanes of at least 4 members (excludes halogenated alkanes) is 20. The normalized spacial score (nSPS) is 9.45. The van der Waals surface area contributed by atoms with Crippen molar-refractivity contribution in [3.63, 3.8) is 0 Å². The molecule has 0 amide bonds. The van der Waals surface area contributed by atoms with E-state index in [4.69, 9.17) is 0 Å². The predicted molar refractivity (Wildman–Crippen MR) is 155 cm³/mol. The van der Waals surface area contributed by atoms with Crippen LogP contribution in [0.3, 0.4) is 0 Å². The zero-order valence-corrected chi connectivity index (χ0v) is 26.8. The SMILES string of the molecule is [CH2-]CCC.[CH2-]CCC.[CH2-]CCCCCCCCCCC.[CH2-]CCCCCCCCCCC.[Zr+4]. The molecular weight excluding hydrogens is 476 g/mol. The zero-order valence-electron chi connectivity index (χ0n) is 24.3. The molecule has 0 aliphatic rings. The van der Waals surface area contributed by atoms with Crippen molar-refractivity contribution in [3.05, 3.63) is 27.7 Å². The fourth-order valence-corrected chi connectivity index (χ4v) is 2.97. The second-order valence-electron chi connectivity index (χ2n) is 9.07. The average molecular weight is 544 g/mol. The maximum Gasteiger partial charge on any atom is 4.00 e. The molecule has 0 spiro atoms. The summed E-state index contributed by atoms with van der Waals surface area (Å²) in [6.07, 6.45) is 32.3. The maximum atomic E-state index is 3.84. The quantitative estimate of drug-likeness (QED) is 0.106. The van der Waals surface area contributed by atoms with E-state index < -0.39 is 0 Å². The molecule has 0 rings (SSSR count). The van der Waals surface area contributed by atoms with Crippen molar-refractivity contribution in [2.24, 2.45) is 0 Å². The van der Waals surface area contributed by atoms with Crippen LogP contribution in [0.15, 0.2) is 0 Å². The van der Waals surface area contributed by atoms with Gasteiger partial charge in [-0.05, 0) is 0 Å². The summed E-state index contributed by atoms with van der Waals surface area (Å²) in [6, 6.07) is 0. The molecule has 0 bridgehead atoms. The van der Waals surface area contributed by atoms with Gasteiger partial charge in [0.2, 0.25) is 0 Å². The monoisotopic (exact) mass is 542 g/mol. The minimum atomic E-state index is 0. The van der Waals surface area contributed by atoms with E-state index in [1.165, 1.54) is 128 Å². The van der Waals surface area contributed by atoms with Crippen LogP contribution in [0.25, 0.3) is 0 Å². The van der Waals surface area contributed by atoms with Gasteiger partial charge in [-0.2, -0.15) is 25.7 Å². The molecule has 0 saturated carbocycles. The van der Waals surface area contributed by atoms with E-state index in [-0.39, 0.29) is 26.2 Å². The van der Waals surface area contributed by atoms with Crippen LogP contribution in [-0.2, 0) is 26.2 Å². The zero-order chi connectivity index (χ0) is 25.0. The van der Waals surface area contributed by atoms with Gasteiger partial charge in [-0.15, -0.1) is 0 Å². The summed E-state index contributed by atoms with van der Waals surface area (Å²) in [4.78, 5) is 0. The molecule has 33 heavy (non-hydrogen) atoms. The van der Waals surface area contributed by atoms with E-state index in [0.717, 1.165) is 25.7 Å². The molecule has 0 aromatic rings. The van der Waals surface area contributed by atoms with Crippen molar-refractivity contribution in [3.8, 4) is 0 Å².